The summed E-state index contributed by atoms with van der Waals surface area (Å²) < 4.78 is 28.2. The number of hydrogen-bond acceptors (Lipinski definition) is 7. The van der Waals surface area contributed by atoms with Crippen molar-refractivity contribution in [3.8, 4) is 5.88 Å². The summed E-state index contributed by atoms with van der Waals surface area (Å²) in [5.74, 6) is 1.17. The van der Waals surface area contributed by atoms with E-state index in [9.17, 15) is 9.18 Å². The summed E-state index contributed by atoms with van der Waals surface area (Å²) in [4.78, 5) is 25.7. The molecule has 3 aromatic carbocycles. The van der Waals surface area contributed by atoms with Gasteiger partial charge in [-0.3, -0.25) is 14.8 Å². The number of nitrogens with zero attached hydrogens (tertiary/aromatic N) is 5. The number of aryl methyl sites for hydroxylation is 2. The molecule has 3 aromatic heterocycles. The number of rotatable bonds is 10. The third kappa shape index (κ3) is 7.06. The fourth-order valence-corrected chi connectivity index (χ4v) is 7.25. The van der Waals surface area contributed by atoms with Gasteiger partial charge in [0.1, 0.15) is 18.2 Å². The molecular formula is C39H39ClFN7O3. The molecule has 12 heteroatoms. The first kappa shape index (κ1) is 33.3. The zero-order chi connectivity index (χ0) is 35.1. The number of benzene rings is 3. The van der Waals surface area contributed by atoms with Crippen LogP contribution in [0.4, 0.5) is 10.1 Å². The van der Waals surface area contributed by atoms with Gasteiger partial charge in [-0.1, -0.05) is 23.7 Å². The zero-order valence-corrected chi connectivity index (χ0v) is 29.3. The number of ether oxygens (including phenoxy) is 2. The highest BCUT2D eigenvalue weighted by atomic mass is 35.5. The Balaban J connectivity index is 0.945. The van der Waals surface area contributed by atoms with Gasteiger partial charge in [0.05, 0.1) is 41.4 Å². The van der Waals surface area contributed by atoms with Crippen molar-refractivity contribution in [2.75, 3.05) is 25.0 Å². The Morgan fingerprint density at radius 3 is 2.69 bits per heavy atom. The molecule has 6 aromatic rings. The molecule has 10 nitrogen and oxygen atoms in total. The second-order valence-corrected chi connectivity index (χ2v) is 14.0. The number of H-pyrrole nitrogens is 1. The molecule has 0 saturated carbocycles. The summed E-state index contributed by atoms with van der Waals surface area (Å²) in [5.41, 5.74) is 7.38. The highest BCUT2D eigenvalue weighted by Crippen LogP contribution is 2.31. The summed E-state index contributed by atoms with van der Waals surface area (Å²) in [5, 5.41) is 11.8. The van der Waals surface area contributed by atoms with Crippen LogP contribution in [0.1, 0.15) is 63.9 Å². The number of aromatic amines is 1. The Bertz CT molecular complexity index is 2240. The Hall–Kier alpha value is -4.84. The summed E-state index contributed by atoms with van der Waals surface area (Å²) in [6.45, 7) is 8.03. The predicted octanol–water partition coefficient (Wildman–Crippen LogP) is 7.72. The third-order valence-corrected chi connectivity index (χ3v) is 10.3. The van der Waals surface area contributed by atoms with Gasteiger partial charge in [-0.2, -0.15) is 5.10 Å². The lowest BCUT2D eigenvalue weighted by atomic mass is 9.93. The van der Waals surface area contributed by atoms with Gasteiger partial charge in [-0.05, 0) is 100 Å². The lowest BCUT2D eigenvalue weighted by Crippen LogP contribution is -2.35. The van der Waals surface area contributed by atoms with E-state index in [1.807, 2.05) is 56.3 Å². The number of aromatic nitrogens is 5. The number of likely N-dealkylation sites (tertiary alicyclic amines) is 1. The molecule has 262 valence electrons. The van der Waals surface area contributed by atoms with Gasteiger partial charge in [0.15, 0.2) is 0 Å². The van der Waals surface area contributed by atoms with Crippen LogP contribution in [0.5, 0.6) is 5.88 Å². The van der Waals surface area contributed by atoms with Crippen LogP contribution in [0.15, 0.2) is 66.7 Å². The van der Waals surface area contributed by atoms with E-state index >= 15 is 0 Å². The van der Waals surface area contributed by atoms with E-state index in [1.165, 1.54) is 6.07 Å². The van der Waals surface area contributed by atoms with Crippen molar-refractivity contribution in [3.63, 3.8) is 0 Å². The van der Waals surface area contributed by atoms with Crippen LogP contribution in [0.3, 0.4) is 0 Å². The largest absolute Gasteiger partial charge is 0.473 e. The van der Waals surface area contributed by atoms with Crippen LogP contribution in [0.2, 0.25) is 5.02 Å². The van der Waals surface area contributed by atoms with Crippen LogP contribution in [0, 0.1) is 19.7 Å². The first-order valence-corrected chi connectivity index (χ1v) is 17.8. The van der Waals surface area contributed by atoms with Crippen molar-refractivity contribution in [2.45, 2.75) is 64.8 Å². The zero-order valence-electron chi connectivity index (χ0n) is 28.6. The molecule has 2 fully saturated rings. The van der Waals surface area contributed by atoms with Gasteiger partial charge in [0.2, 0.25) is 5.88 Å². The average Bonchev–Trinajstić information content (AvgIpc) is 3.65. The normalized spacial score (nSPS) is 16.8. The van der Waals surface area contributed by atoms with Crippen molar-refractivity contribution in [1.29, 1.82) is 0 Å². The molecule has 2 aliphatic rings. The lowest BCUT2D eigenvalue weighted by molar-refractivity contribution is -0.0592. The third-order valence-electron chi connectivity index (χ3n) is 10.1. The molecule has 0 radical (unpaired) electrons. The summed E-state index contributed by atoms with van der Waals surface area (Å²) >= 11 is 5.89. The van der Waals surface area contributed by atoms with Gasteiger partial charge in [-0.25, -0.2) is 14.4 Å². The topological polar surface area (TPSA) is 110 Å². The molecule has 5 heterocycles. The molecular weight excluding hydrogens is 669 g/mol. The standard InChI is InChI=1S/C39H39ClFN7O3/c1-23-16-29(19-31-24(2)45-46-38(23)31)42-39(49)26-7-9-35-34(17-26)43-36(48(35)20-30-12-15-50-30)21-47-13-10-25(11-14-47)33-4-3-5-37(44-33)51-22-27-6-8-28(40)18-32(27)41/h3-9,16-19,25,30H,10-15,20-22H2,1-2H3,(H,42,49)(H,45,46)/t30-/m0/s1. The van der Waals surface area contributed by atoms with E-state index in [2.05, 4.69) is 25.0 Å². The highest BCUT2D eigenvalue weighted by Gasteiger charge is 2.26. The van der Waals surface area contributed by atoms with E-state index in [1.54, 1.807) is 18.2 Å². The van der Waals surface area contributed by atoms with E-state index in [0.717, 1.165) is 95.9 Å². The molecule has 0 bridgehead atoms. The molecule has 2 saturated heterocycles. The predicted molar refractivity (Wildman–Crippen MR) is 195 cm³/mol. The monoisotopic (exact) mass is 707 g/mol. The summed E-state index contributed by atoms with van der Waals surface area (Å²) in [6.07, 6.45) is 3.08. The Morgan fingerprint density at radius 2 is 1.90 bits per heavy atom. The fourth-order valence-electron chi connectivity index (χ4n) is 7.09. The lowest BCUT2D eigenvalue weighted by Gasteiger charge is -2.32. The Labute approximate surface area is 299 Å². The van der Waals surface area contributed by atoms with E-state index in [-0.39, 0.29) is 18.6 Å². The van der Waals surface area contributed by atoms with Crippen molar-refractivity contribution in [1.82, 2.24) is 29.6 Å². The molecule has 0 aliphatic carbocycles. The van der Waals surface area contributed by atoms with Crippen molar-refractivity contribution in [3.05, 3.63) is 111 Å². The van der Waals surface area contributed by atoms with Gasteiger partial charge >= 0.3 is 0 Å². The Kier molecular flexibility index (Phi) is 9.18. The average molecular weight is 708 g/mol. The number of hydrogen-bond donors (Lipinski definition) is 2. The van der Waals surface area contributed by atoms with Crippen LogP contribution in [0.25, 0.3) is 21.9 Å². The number of nitrogens with one attached hydrogen (secondary N) is 2. The quantitative estimate of drug-likeness (QED) is 0.150. The number of piperidine rings is 1. The van der Waals surface area contributed by atoms with Crippen molar-refractivity contribution >= 4 is 45.1 Å². The summed E-state index contributed by atoms with van der Waals surface area (Å²) in [6, 6.07) is 20.0. The molecule has 0 unspecified atom stereocenters. The number of pyridine rings is 1. The molecule has 1 amide bonds. The molecule has 1 atom stereocenters. The summed E-state index contributed by atoms with van der Waals surface area (Å²) in [7, 11) is 0. The second-order valence-electron chi connectivity index (χ2n) is 13.6. The van der Waals surface area contributed by atoms with Gasteiger partial charge in [-0.15, -0.1) is 0 Å². The first-order chi connectivity index (χ1) is 24.8. The highest BCUT2D eigenvalue weighted by molar-refractivity contribution is 6.30. The molecule has 0 spiro atoms. The van der Waals surface area contributed by atoms with Crippen LogP contribution in [-0.4, -0.2) is 61.3 Å². The van der Waals surface area contributed by atoms with Gasteiger partial charge in [0.25, 0.3) is 5.91 Å². The maximum Gasteiger partial charge on any atom is 0.255 e. The number of halogens is 2. The van der Waals surface area contributed by atoms with Crippen LogP contribution >= 0.6 is 11.6 Å². The van der Waals surface area contributed by atoms with Crippen molar-refractivity contribution in [2.24, 2.45) is 0 Å². The number of carbonyl (C=O) groups is 1. The Morgan fingerprint density at radius 1 is 1.06 bits per heavy atom. The second kappa shape index (κ2) is 14.1. The van der Waals surface area contributed by atoms with E-state index in [0.29, 0.717) is 34.5 Å². The maximum atomic E-state index is 14.2. The van der Waals surface area contributed by atoms with Crippen LogP contribution in [-0.2, 0) is 24.4 Å². The van der Waals surface area contributed by atoms with E-state index < -0.39 is 5.82 Å². The number of anilines is 1. The van der Waals surface area contributed by atoms with Crippen LogP contribution < -0.4 is 10.1 Å². The SMILES string of the molecule is Cc1n[nH]c2c(C)cc(NC(=O)c3ccc4c(c3)nc(CN3CCC(c5cccc(OCc6ccc(Cl)cc6F)n5)CC3)n4C[C@@H]3CCO3)cc12. The maximum absolute atomic E-state index is 14.2. The minimum Gasteiger partial charge on any atom is -0.473 e. The molecule has 2 N–H and O–H groups in total. The first-order valence-electron chi connectivity index (χ1n) is 17.4. The minimum absolute atomic E-state index is 0.0820. The number of carbonyl (C=O) groups excluding carboxylic acids is 1. The molecule has 8 rings (SSSR count). The van der Waals surface area contributed by atoms with E-state index in [4.69, 9.17) is 31.0 Å². The minimum atomic E-state index is -0.393. The molecule has 51 heavy (non-hydrogen) atoms. The van der Waals surface area contributed by atoms with Crippen molar-refractivity contribution < 1.29 is 18.7 Å². The smallest absolute Gasteiger partial charge is 0.255 e. The molecule has 2 aliphatic heterocycles. The van der Waals surface area contributed by atoms with Gasteiger partial charge in [0, 0.05) is 51.5 Å². The number of fused-ring (bicyclic) bond motifs is 2. The number of amides is 1. The fraction of sp³-hybridized carbons (Fsp3) is 0.333. The number of imidazole rings is 1. The van der Waals surface area contributed by atoms with Gasteiger partial charge < -0.3 is 19.4 Å².